The molecule has 0 unspecified atom stereocenters. The summed E-state index contributed by atoms with van der Waals surface area (Å²) >= 11 is 0. The monoisotopic (exact) mass is 1050 g/mol. The van der Waals surface area contributed by atoms with Gasteiger partial charge in [-0.25, -0.2) is 4.52 Å². The van der Waals surface area contributed by atoms with E-state index in [2.05, 4.69) is 20.4 Å². The molecule has 19 heteroatoms. The number of ether oxygens (including phenoxy) is 4. The Hall–Kier alpha value is -9.26. The molecule has 0 spiro atoms. The summed E-state index contributed by atoms with van der Waals surface area (Å²) < 4.78 is 31.0. The van der Waals surface area contributed by atoms with Crippen LogP contribution in [-0.2, 0) is 53.1 Å². The summed E-state index contributed by atoms with van der Waals surface area (Å²) in [5, 5.41) is 17.6. The largest absolute Gasteiger partial charge is 0.487 e. The molecule has 4 aliphatic rings. The van der Waals surface area contributed by atoms with Crippen LogP contribution in [0, 0.1) is 5.92 Å². The number of rotatable bonds is 14. The lowest BCUT2D eigenvalue weighted by Gasteiger charge is -2.27. The minimum absolute atomic E-state index is 0.0183. The van der Waals surface area contributed by atoms with Crippen molar-refractivity contribution >= 4 is 23.1 Å². The number of amides is 2. The van der Waals surface area contributed by atoms with Gasteiger partial charge < -0.3 is 33.3 Å². The third kappa shape index (κ3) is 13.4. The first-order chi connectivity index (χ1) is 38.1. The highest BCUT2D eigenvalue weighted by Gasteiger charge is 2.32. The number of Topliss-reactive ketones (excluding diaryl/α,β-unsaturated/α-hetero) is 1. The summed E-state index contributed by atoms with van der Waals surface area (Å²) in [5.41, 5.74) is 5.66. The number of hydrogen-bond donors (Lipinski definition) is 0. The summed E-state index contributed by atoms with van der Waals surface area (Å²) in [6.45, 7) is 6.22. The maximum atomic E-state index is 12.5. The van der Waals surface area contributed by atoms with Gasteiger partial charge in [-0.05, 0) is 98.0 Å². The van der Waals surface area contributed by atoms with Crippen LogP contribution in [0.4, 0.5) is 0 Å². The highest BCUT2D eigenvalue weighted by atomic mass is 16.5. The highest BCUT2D eigenvalue weighted by Crippen LogP contribution is 2.31. The van der Waals surface area contributed by atoms with Gasteiger partial charge in [0.25, 0.3) is 17.4 Å². The molecule has 9 aromatic rings. The number of carbonyl (C=O) groups excluding carboxylic acids is 3. The van der Waals surface area contributed by atoms with E-state index >= 15 is 0 Å². The van der Waals surface area contributed by atoms with Crippen molar-refractivity contribution in [1.82, 2.24) is 53.3 Å². The van der Waals surface area contributed by atoms with Gasteiger partial charge in [-0.15, -0.1) is 0 Å². The SMILES string of the molecule is CN1CCn2nc(COc3ccccc3)cc2C1=O.Cn1ccn2nc(COc3ccccc3)cc2c1=O.O=C1CCCn2nc(COc3ccccc3)cc21.O=C1c2cc(COc3ccccc3)nn2CCN1CC1CC1. The van der Waals surface area contributed by atoms with Gasteiger partial charge in [0.2, 0.25) is 0 Å². The zero-order valence-corrected chi connectivity index (χ0v) is 43.7. The molecule has 0 bridgehead atoms. The second kappa shape index (κ2) is 24.6. The molecule has 1 fully saturated rings. The number of ketones is 1. The summed E-state index contributed by atoms with van der Waals surface area (Å²) in [7, 11) is 3.52. The number of aryl methyl sites for hydroxylation is 2. The quantitative estimate of drug-likeness (QED) is 0.103. The Morgan fingerprint density at radius 3 is 1.38 bits per heavy atom. The second-order valence-corrected chi connectivity index (χ2v) is 19.3. The maximum absolute atomic E-state index is 12.5. The van der Waals surface area contributed by atoms with E-state index in [1.807, 2.05) is 143 Å². The van der Waals surface area contributed by atoms with Crippen molar-refractivity contribution in [3.05, 3.63) is 208 Å². The van der Waals surface area contributed by atoms with Gasteiger partial charge in [0.1, 0.15) is 94.8 Å². The average Bonchev–Trinajstić information content (AvgIpc) is 3.81. The molecule has 4 aromatic carbocycles. The van der Waals surface area contributed by atoms with Gasteiger partial charge in [0, 0.05) is 59.1 Å². The molecule has 13 rings (SSSR count). The van der Waals surface area contributed by atoms with E-state index in [1.165, 1.54) is 17.4 Å². The van der Waals surface area contributed by atoms with Crippen molar-refractivity contribution in [2.45, 2.75) is 71.7 Å². The number of likely N-dealkylation sites (N-methyl/N-ethyl adjacent to an activating group) is 1. The molecular weight excluding hydrogens is 991 g/mol. The molecule has 0 radical (unpaired) electrons. The molecule has 400 valence electrons. The molecule has 8 heterocycles. The molecular formula is C59H61N11O8. The lowest BCUT2D eigenvalue weighted by molar-refractivity contribution is 0.0687. The topological polar surface area (TPSA) is 187 Å². The van der Waals surface area contributed by atoms with Crippen LogP contribution in [-0.4, -0.2) is 97.6 Å². The number of para-hydroxylation sites is 4. The zero-order valence-electron chi connectivity index (χ0n) is 43.7. The molecule has 2 amide bonds. The van der Waals surface area contributed by atoms with Crippen molar-refractivity contribution < 1.29 is 33.3 Å². The lowest BCUT2D eigenvalue weighted by Crippen LogP contribution is -2.41. The molecule has 0 saturated heterocycles. The van der Waals surface area contributed by atoms with Crippen molar-refractivity contribution in [1.29, 1.82) is 0 Å². The van der Waals surface area contributed by atoms with E-state index in [-0.39, 0.29) is 23.2 Å². The lowest BCUT2D eigenvalue weighted by atomic mass is 10.1. The molecule has 5 aromatic heterocycles. The highest BCUT2D eigenvalue weighted by molar-refractivity contribution is 5.95. The Kier molecular flexibility index (Phi) is 16.5. The molecule has 19 nitrogen and oxygen atoms in total. The molecule has 1 aliphatic carbocycles. The minimum atomic E-state index is -0.0686. The number of nitrogens with zero attached hydrogens (tertiary/aromatic N) is 11. The van der Waals surface area contributed by atoms with Gasteiger partial charge in [0.05, 0.1) is 13.1 Å². The molecule has 0 N–H and O–H groups in total. The Labute approximate surface area is 450 Å². The van der Waals surface area contributed by atoms with Crippen LogP contribution in [0.25, 0.3) is 5.52 Å². The van der Waals surface area contributed by atoms with E-state index in [9.17, 15) is 19.2 Å². The van der Waals surface area contributed by atoms with Crippen LogP contribution < -0.4 is 24.5 Å². The summed E-state index contributed by atoms with van der Waals surface area (Å²) in [4.78, 5) is 51.6. The predicted octanol–water partition coefficient (Wildman–Crippen LogP) is 7.93. The van der Waals surface area contributed by atoms with Crippen LogP contribution in [0.1, 0.15) is 79.9 Å². The third-order valence-electron chi connectivity index (χ3n) is 13.3. The van der Waals surface area contributed by atoms with Crippen LogP contribution >= 0.6 is 0 Å². The van der Waals surface area contributed by atoms with Crippen LogP contribution in [0.2, 0.25) is 0 Å². The fourth-order valence-corrected chi connectivity index (χ4v) is 8.92. The first-order valence-corrected chi connectivity index (χ1v) is 26.1. The van der Waals surface area contributed by atoms with Crippen LogP contribution in [0.5, 0.6) is 23.0 Å². The second-order valence-electron chi connectivity index (χ2n) is 19.3. The average molecular weight is 1050 g/mol. The Morgan fingerprint density at radius 1 is 0.474 bits per heavy atom. The summed E-state index contributed by atoms with van der Waals surface area (Å²) in [5.74, 6) is 4.25. The fraction of sp³-hybridized carbons (Fsp3) is 0.288. The minimum Gasteiger partial charge on any atom is -0.487 e. The Balaban J connectivity index is 0.000000118. The fourth-order valence-electron chi connectivity index (χ4n) is 8.92. The number of hydrogen-bond acceptors (Lipinski definition) is 12. The van der Waals surface area contributed by atoms with Gasteiger partial charge in [-0.1, -0.05) is 72.8 Å². The van der Waals surface area contributed by atoms with E-state index in [1.54, 1.807) is 57.4 Å². The smallest absolute Gasteiger partial charge is 0.276 e. The van der Waals surface area contributed by atoms with Gasteiger partial charge in [-0.2, -0.15) is 20.4 Å². The normalized spacial score (nSPS) is 14.4. The summed E-state index contributed by atoms with van der Waals surface area (Å²) in [6, 6.07) is 45.6. The first-order valence-electron chi connectivity index (χ1n) is 26.1. The van der Waals surface area contributed by atoms with Crippen molar-refractivity contribution in [2.24, 2.45) is 13.0 Å². The van der Waals surface area contributed by atoms with E-state index < -0.39 is 0 Å². The third-order valence-corrected chi connectivity index (χ3v) is 13.3. The van der Waals surface area contributed by atoms with E-state index in [0.29, 0.717) is 62.0 Å². The number of benzene rings is 4. The first kappa shape index (κ1) is 52.2. The van der Waals surface area contributed by atoms with Gasteiger partial charge in [-0.3, -0.25) is 33.2 Å². The van der Waals surface area contributed by atoms with Crippen molar-refractivity contribution in [2.75, 3.05) is 26.7 Å². The molecule has 1 saturated carbocycles. The predicted molar refractivity (Wildman–Crippen MR) is 289 cm³/mol. The maximum Gasteiger partial charge on any atom is 0.276 e. The van der Waals surface area contributed by atoms with E-state index in [0.717, 1.165) is 90.8 Å². The van der Waals surface area contributed by atoms with Gasteiger partial charge in [0.15, 0.2) is 5.78 Å². The number of aromatic nitrogens is 9. The van der Waals surface area contributed by atoms with Gasteiger partial charge >= 0.3 is 0 Å². The van der Waals surface area contributed by atoms with E-state index in [4.69, 9.17) is 18.9 Å². The molecule has 0 atom stereocenters. The zero-order chi connectivity index (χ0) is 53.8. The molecule has 3 aliphatic heterocycles. The van der Waals surface area contributed by atoms with Crippen molar-refractivity contribution in [3.8, 4) is 23.0 Å². The standard InChI is InChI=1S/C17H19N3O2.C14H15N3O2.C14H13N3O2.C14H14N2O2/c21-17-16-10-14(12-22-15-4-2-1-3-5-15)18-20(16)9-8-19(17)11-13-6-7-13;2*1-16-7-8-17-13(14(16)18)9-11(15-17)10-19-12-5-3-2-4-6-12;17-14-7-4-8-16-13(14)9-11(15-16)10-18-12-5-2-1-3-6-12/h1-5,10,13H,6-9,11-12H2;2-6,9H,7-8,10H2,1H3;2-9H,10H2,1H3;1-3,5-6,9H,4,7-8,10H2. The number of fused-ring (bicyclic) bond motifs is 4. The Morgan fingerprint density at radius 2 is 0.910 bits per heavy atom. The Bertz CT molecular complexity index is 3510. The molecule has 78 heavy (non-hydrogen) atoms. The summed E-state index contributed by atoms with van der Waals surface area (Å²) in [6.07, 6.45) is 7.47. The van der Waals surface area contributed by atoms with Crippen LogP contribution in [0.3, 0.4) is 0 Å². The van der Waals surface area contributed by atoms with Crippen molar-refractivity contribution in [3.63, 3.8) is 0 Å². The van der Waals surface area contributed by atoms with Crippen LogP contribution in [0.15, 0.2) is 163 Å². The number of carbonyl (C=O) groups is 3.